The number of benzene rings is 1. The van der Waals surface area contributed by atoms with Gasteiger partial charge in [0.05, 0.1) is 0 Å². The highest BCUT2D eigenvalue weighted by Crippen LogP contribution is 2.48. The average Bonchev–Trinajstić information content (AvgIpc) is 2.59. The van der Waals surface area contributed by atoms with E-state index in [1.165, 1.54) is 50.7 Å². The first-order valence-electron chi connectivity index (χ1n) is 9.34. The van der Waals surface area contributed by atoms with E-state index >= 15 is 0 Å². The fraction of sp³-hybridized carbons (Fsp3) is 0.619. The summed E-state index contributed by atoms with van der Waals surface area (Å²) in [4.78, 5) is 0. The molecule has 1 aromatic carbocycles. The Labute approximate surface area is 149 Å². The summed E-state index contributed by atoms with van der Waals surface area (Å²) < 4.78 is 27.5. The molecule has 4 atom stereocenters. The number of rotatable bonds is 4. The standard InChI is InChI=1S/C21H27ClF2/c1-2-3-4-5-14-6-7-16-11-17(9-8-15(16)10-14)18-12-19(23)21(22)20(24)13-18/h2-3,12-17H,4-11H2,1H3/b3-2+. The SMILES string of the molecule is C/C=C/CCC1CCC2CC(c3cc(F)c(Cl)c(F)c3)CCC2C1. The van der Waals surface area contributed by atoms with Crippen molar-refractivity contribution < 1.29 is 8.78 Å². The molecule has 0 bridgehead atoms. The summed E-state index contributed by atoms with van der Waals surface area (Å²) >= 11 is 5.61. The van der Waals surface area contributed by atoms with E-state index in [9.17, 15) is 8.78 Å². The van der Waals surface area contributed by atoms with Gasteiger partial charge in [0.1, 0.15) is 16.7 Å². The van der Waals surface area contributed by atoms with Gasteiger partial charge in [0, 0.05) is 0 Å². The van der Waals surface area contributed by atoms with Crippen LogP contribution >= 0.6 is 11.6 Å². The van der Waals surface area contributed by atoms with Gasteiger partial charge in [-0.15, -0.1) is 0 Å². The van der Waals surface area contributed by atoms with Crippen LogP contribution < -0.4 is 0 Å². The highest BCUT2D eigenvalue weighted by atomic mass is 35.5. The van der Waals surface area contributed by atoms with Crippen molar-refractivity contribution in [1.82, 2.24) is 0 Å². The van der Waals surface area contributed by atoms with Crippen LogP contribution in [0.3, 0.4) is 0 Å². The number of halogens is 3. The Balaban J connectivity index is 1.60. The Morgan fingerprint density at radius 2 is 1.71 bits per heavy atom. The molecule has 3 heteroatoms. The number of allylic oxidation sites excluding steroid dienone is 2. The smallest absolute Gasteiger partial charge is 0.145 e. The van der Waals surface area contributed by atoms with Gasteiger partial charge >= 0.3 is 0 Å². The van der Waals surface area contributed by atoms with Gasteiger partial charge in [-0.05, 0) is 93.2 Å². The third kappa shape index (κ3) is 4.02. The molecule has 2 aliphatic rings. The monoisotopic (exact) mass is 352 g/mol. The van der Waals surface area contributed by atoms with Gasteiger partial charge in [0.25, 0.3) is 0 Å². The van der Waals surface area contributed by atoms with E-state index in [0.29, 0.717) is 0 Å². The van der Waals surface area contributed by atoms with Crippen molar-refractivity contribution in [2.75, 3.05) is 0 Å². The van der Waals surface area contributed by atoms with Crippen LogP contribution in [0.4, 0.5) is 8.78 Å². The fourth-order valence-electron chi connectivity index (χ4n) is 4.86. The molecule has 0 spiro atoms. The topological polar surface area (TPSA) is 0 Å². The molecule has 0 radical (unpaired) electrons. The van der Waals surface area contributed by atoms with E-state index in [1.54, 1.807) is 0 Å². The van der Waals surface area contributed by atoms with Crippen LogP contribution in [0.25, 0.3) is 0 Å². The molecular formula is C21H27ClF2. The van der Waals surface area contributed by atoms with E-state index in [2.05, 4.69) is 19.1 Å². The fourth-order valence-corrected chi connectivity index (χ4v) is 4.97. The predicted octanol–water partition coefficient (Wildman–Crippen LogP) is 7.27. The van der Waals surface area contributed by atoms with Crippen molar-refractivity contribution in [2.24, 2.45) is 17.8 Å². The second kappa shape index (κ2) is 7.99. The van der Waals surface area contributed by atoms with Crippen molar-refractivity contribution in [2.45, 2.75) is 64.2 Å². The predicted molar refractivity (Wildman–Crippen MR) is 96.3 cm³/mol. The summed E-state index contributed by atoms with van der Waals surface area (Å²) in [6.07, 6.45) is 14.2. The summed E-state index contributed by atoms with van der Waals surface area (Å²) in [5.74, 6) is 1.44. The summed E-state index contributed by atoms with van der Waals surface area (Å²) in [5.41, 5.74) is 0.794. The van der Waals surface area contributed by atoms with E-state index in [1.807, 2.05) is 0 Å². The van der Waals surface area contributed by atoms with Gasteiger partial charge < -0.3 is 0 Å². The van der Waals surface area contributed by atoms with Crippen LogP contribution in [0.5, 0.6) is 0 Å². The first-order valence-corrected chi connectivity index (χ1v) is 9.71. The molecule has 2 aliphatic carbocycles. The average molecular weight is 353 g/mol. The molecule has 0 N–H and O–H groups in total. The first-order chi connectivity index (χ1) is 11.6. The molecule has 3 rings (SSSR count). The summed E-state index contributed by atoms with van der Waals surface area (Å²) in [6.45, 7) is 2.08. The van der Waals surface area contributed by atoms with Crippen molar-refractivity contribution in [3.8, 4) is 0 Å². The molecule has 24 heavy (non-hydrogen) atoms. The maximum Gasteiger partial charge on any atom is 0.145 e. The summed E-state index contributed by atoms with van der Waals surface area (Å²) in [5, 5.41) is -0.380. The van der Waals surface area contributed by atoms with Gasteiger partial charge in [-0.3, -0.25) is 0 Å². The Kier molecular flexibility index (Phi) is 5.97. The lowest BCUT2D eigenvalue weighted by Crippen LogP contribution is -2.30. The molecule has 0 saturated heterocycles. The Morgan fingerprint density at radius 3 is 2.42 bits per heavy atom. The zero-order chi connectivity index (χ0) is 17.1. The van der Waals surface area contributed by atoms with Gasteiger partial charge in [-0.1, -0.05) is 30.2 Å². The van der Waals surface area contributed by atoms with Gasteiger partial charge in [-0.25, -0.2) is 8.78 Å². The van der Waals surface area contributed by atoms with Gasteiger partial charge in [0.15, 0.2) is 0 Å². The van der Waals surface area contributed by atoms with Crippen LogP contribution in [0, 0.1) is 29.4 Å². The lowest BCUT2D eigenvalue weighted by atomic mass is 9.63. The van der Waals surface area contributed by atoms with E-state index in [4.69, 9.17) is 11.6 Å². The number of hydrogen-bond donors (Lipinski definition) is 0. The zero-order valence-corrected chi connectivity index (χ0v) is 15.2. The largest absolute Gasteiger partial charge is 0.205 e. The maximum atomic E-state index is 13.7. The van der Waals surface area contributed by atoms with Crippen LogP contribution in [0.15, 0.2) is 24.3 Å². The van der Waals surface area contributed by atoms with Crippen LogP contribution in [-0.2, 0) is 0 Å². The number of fused-ring (bicyclic) bond motifs is 1. The molecule has 2 fully saturated rings. The molecule has 2 saturated carbocycles. The van der Waals surface area contributed by atoms with E-state index < -0.39 is 11.6 Å². The van der Waals surface area contributed by atoms with Crippen molar-refractivity contribution >= 4 is 11.6 Å². The normalized spacial score (nSPS) is 30.5. The second-order valence-corrected chi connectivity index (χ2v) is 8.03. The molecular weight excluding hydrogens is 326 g/mol. The lowest BCUT2D eigenvalue weighted by Gasteiger charge is -2.42. The second-order valence-electron chi connectivity index (χ2n) is 7.65. The van der Waals surface area contributed by atoms with Gasteiger partial charge in [0.2, 0.25) is 0 Å². The molecule has 1 aromatic rings. The first kappa shape index (κ1) is 17.9. The van der Waals surface area contributed by atoms with Gasteiger partial charge in [-0.2, -0.15) is 0 Å². The summed E-state index contributed by atoms with van der Waals surface area (Å²) in [7, 11) is 0. The van der Waals surface area contributed by atoms with Crippen LogP contribution in [0.1, 0.15) is 69.8 Å². The third-order valence-corrected chi connectivity index (χ3v) is 6.54. The van der Waals surface area contributed by atoms with Crippen molar-refractivity contribution in [1.29, 1.82) is 0 Å². The highest BCUT2D eigenvalue weighted by Gasteiger charge is 2.36. The Bertz CT molecular complexity index is 572. The molecule has 132 valence electrons. The summed E-state index contributed by atoms with van der Waals surface area (Å²) in [6, 6.07) is 2.89. The van der Waals surface area contributed by atoms with Crippen molar-refractivity contribution in [3.05, 3.63) is 46.5 Å². The van der Waals surface area contributed by atoms with Crippen molar-refractivity contribution in [3.63, 3.8) is 0 Å². The molecule has 0 aliphatic heterocycles. The lowest BCUT2D eigenvalue weighted by molar-refractivity contribution is 0.115. The van der Waals surface area contributed by atoms with Crippen LogP contribution in [0.2, 0.25) is 5.02 Å². The van der Waals surface area contributed by atoms with Crippen LogP contribution in [-0.4, -0.2) is 0 Å². The molecule has 4 unspecified atom stereocenters. The highest BCUT2D eigenvalue weighted by molar-refractivity contribution is 6.30. The minimum absolute atomic E-state index is 0.284. The number of hydrogen-bond acceptors (Lipinski definition) is 0. The molecule has 0 heterocycles. The Morgan fingerprint density at radius 1 is 1.04 bits per heavy atom. The third-order valence-electron chi connectivity index (χ3n) is 6.18. The minimum atomic E-state index is -0.624. The quantitative estimate of drug-likeness (QED) is 0.394. The zero-order valence-electron chi connectivity index (χ0n) is 14.4. The minimum Gasteiger partial charge on any atom is -0.205 e. The molecule has 0 nitrogen and oxygen atoms in total. The Hall–Kier alpha value is -0.890. The maximum absolute atomic E-state index is 13.7. The molecule has 0 aromatic heterocycles. The van der Waals surface area contributed by atoms with E-state index in [-0.39, 0.29) is 10.9 Å². The van der Waals surface area contributed by atoms with E-state index in [0.717, 1.165) is 36.2 Å². The molecule has 0 amide bonds.